The van der Waals surface area contributed by atoms with Gasteiger partial charge in [-0.05, 0) is 37.5 Å². The van der Waals surface area contributed by atoms with Gasteiger partial charge < -0.3 is 10.5 Å². The van der Waals surface area contributed by atoms with Crippen LogP contribution in [0.25, 0.3) is 0 Å². The number of hydrogen-bond donors (Lipinski definition) is 2. The fourth-order valence-corrected chi connectivity index (χ4v) is 3.36. The lowest BCUT2D eigenvalue weighted by atomic mass is 10.1. The predicted octanol–water partition coefficient (Wildman–Crippen LogP) is 1.16. The summed E-state index contributed by atoms with van der Waals surface area (Å²) in [7, 11) is -3.45. The van der Waals surface area contributed by atoms with Gasteiger partial charge in [0.1, 0.15) is 0 Å². The summed E-state index contributed by atoms with van der Waals surface area (Å²) in [4.78, 5) is 0.281. The molecular weight excluding hydrogens is 264 g/mol. The zero-order chi connectivity index (χ0) is 13.9. The van der Waals surface area contributed by atoms with E-state index >= 15 is 0 Å². The Labute approximate surface area is 114 Å². The number of nitrogens with two attached hydrogens (primary N) is 1. The van der Waals surface area contributed by atoms with Crippen LogP contribution < -0.4 is 10.5 Å². The minimum absolute atomic E-state index is 0.0353. The molecule has 1 fully saturated rings. The van der Waals surface area contributed by atoms with E-state index in [-0.39, 0.29) is 17.0 Å². The fourth-order valence-electron chi connectivity index (χ4n) is 2.05. The molecule has 5 nitrogen and oxygen atoms in total. The van der Waals surface area contributed by atoms with E-state index in [9.17, 15) is 8.42 Å². The van der Waals surface area contributed by atoms with E-state index in [0.29, 0.717) is 13.2 Å². The first-order valence-corrected chi connectivity index (χ1v) is 7.93. The largest absolute Gasteiger partial charge is 0.381 e. The van der Waals surface area contributed by atoms with Crippen LogP contribution in [0.3, 0.4) is 0 Å². The SMILES string of the molecule is CC(N)c1ccc(S(=O)(=O)NC2CCOCC2)cc1. The summed E-state index contributed by atoms with van der Waals surface area (Å²) in [5, 5.41) is 0. The maximum atomic E-state index is 12.2. The van der Waals surface area contributed by atoms with Gasteiger partial charge >= 0.3 is 0 Å². The minimum atomic E-state index is -3.45. The smallest absolute Gasteiger partial charge is 0.240 e. The topological polar surface area (TPSA) is 81.4 Å². The van der Waals surface area contributed by atoms with Gasteiger partial charge in [-0.2, -0.15) is 0 Å². The maximum absolute atomic E-state index is 12.2. The fraction of sp³-hybridized carbons (Fsp3) is 0.538. The van der Waals surface area contributed by atoms with Crippen LogP contribution in [0.15, 0.2) is 29.2 Å². The number of ether oxygens (including phenoxy) is 1. The highest BCUT2D eigenvalue weighted by Gasteiger charge is 2.22. The van der Waals surface area contributed by atoms with Crippen LogP contribution in [-0.2, 0) is 14.8 Å². The molecule has 0 bridgehead atoms. The van der Waals surface area contributed by atoms with Crippen molar-refractivity contribution in [3.8, 4) is 0 Å². The summed E-state index contributed by atoms with van der Waals surface area (Å²) in [6.45, 7) is 3.08. The molecule has 0 aliphatic carbocycles. The number of rotatable bonds is 4. The van der Waals surface area contributed by atoms with E-state index in [2.05, 4.69) is 4.72 Å². The Morgan fingerprint density at radius 2 is 1.84 bits per heavy atom. The maximum Gasteiger partial charge on any atom is 0.240 e. The highest BCUT2D eigenvalue weighted by atomic mass is 32.2. The standard InChI is InChI=1S/C13H20N2O3S/c1-10(14)11-2-4-13(5-3-11)19(16,17)15-12-6-8-18-9-7-12/h2-5,10,12,15H,6-9,14H2,1H3. The molecule has 3 N–H and O–H groups in total. The van der Waals surface area contributed by atoms with Crippen molar-refractivity contribution < 1.29 is 13.2 Å². The molecule has 1 aliphatic rings. The molecule has 0 radical (unpaired) electrons. The number of nitrogens with one attached hydrogen (secondary N) is 1. The summed E-state index contributed by atoms with van der Waals surface area (Å²) in [6, 6.07) is 6.57. The molecule has 1 saturated heterocycles. The quantitative estimate of drug-likeness (QED) is 0.869. The van der Waals surface area contributed by atoms with Gasteiger partial charge in [-0.3, -0.25) is 0 Å². The third-order valence-electron chi connectivity index (χ3n) is 3.26. The van der Waals surface area contributed by atoms with Gasteiger partial charge in [0.05, 0.1) is 4.90 Å². The van der Waals surface area contributed by atoms with Crippen molar-refractivity contribution in [2.45, 2.75) is 36.7 Å². The lowest BCUT2D eigenvalue weighted by Crippen LogP contribution is -2.38. The Morgan fingerprint density at radius 3 is 2.37 bits per heavy atom. The molecule has 2 rings (SSSR count). The van der Waals surface area contributed by atoms with Crippen LogP contribution in [0.5, 0.6) is 0 Å². The average molecular weight is 284 g/mol. The van der Waals surface area contributed by atoms with Crippen molar-refractivity contribution in [2.24, 2.45) is 5.73 Å². The van der Waals surface area contributed by atoms with Crippen LogP contribution in [0, 0.1) is 0 Å². The Bertz CT molecular complexity index is 505. The second-order valence-corrected chi connectivity index (χ2v) is 6.58. The van der Waals surface area contributed by atoms with E-state index in [1.54, 1.807) is 24.3 Å². The number of benzene rings is 1. The van der Waals surface area contributed by atoms with Crippen LogP contribution in [-0.4, -0.2) is 27.7 Å². The molecule has 6 heteroatoms. The Hall–Kier alpha value is -0.950. The van der Waals surface area contributed by atoms with Gasteiger partial charge in [0.15, 0.2) is 0 Å². The molecule has 1 unspecified atom stereocenters. The first-order valence-electron chi connectivity index (χ1n) is 6.44. The average Bonchev–Trinajstić information content (AvgIpc) is 2.39. The van der Waals surface area contributed by atoms with Gasteiger partial charge in [0.2, 0.25) is 10.0 Å². The van der Waals surface area contributed by atoms with Gasteiger partial charge in [0, 0.05) is 25.3 Å². The highest BCUT2D eigenvalue weighted by Crippen LogP contribution is 2.16. The summed E-state index contributed by atoms with van der Waals surface area (Å²) in [5.41, 5.74) is 6.66. The molecule has 19 heavy (non-hydrogen) atoms. The van der Waals surface area contributed by atoms with Gasteiger partial charge in [0.25, 0.3) is 0 Å². The lowest BCUT2D eigenvalue weighted by Gasteiger charge is -2.23. The second kappa shape index (κ2) is 6.00. The molecule has 1 atom stereocenters. The van der Waals surface area contributed by atoms with Crippen LogP contribution in [0.1, 0.15) is 31.4 Å². The molecular formula is C13H20N2O3S. The molecule has 1 aliphatic heterocycles. The molecule has 0 aromatic heterocycles. The van der Waals surface area contributed by atoms with E-state index < -0.39 is 10.0 Å². The summed E-state index contributed by atoms with van der Waals surface area (Å²) in [6.07, 6.45) is 1.44. The van der Waals surface area contributed by atoms with Crippen molar-refractivity contribution in [3.63, 3.8) is 0 Å². The van der Waals surface area contributed by atoms with E-state index in [4.69, 9.17) is 10.5 Å². The molecule has 0 spiro atoms. The lowest BCUT2D eigenvalue weighted by molar-refractivity contribution is 0.0832. The van der Waals surface area contributed by atoms with Crippen molar-refractivity contribution >= 4 is 10.0 Å². The zero-order valence-corrected chi connectivity index (χ0v) is 11.8. The van der Waals surface area contributed by atoms with Crippen molar-refractivity contribution in [1.82, 2.24) is 4.72 Å². The summed E-state index contributed by atoms with van der Waals surface area (Å²) in [5.74, 6) is 0. The monoisotopic (exact) mass is 284 g/mol. The Kier molecular flexibility index (Phi) is 4.57. The van der Waals surface area contributed by atoms with Crippen molar-refractivity contribution in [3.05, 3.63) is 29.8 Å². The van der Waals surface area contributed by atoms with E-state index in [0.717, 1.165) is 18.4 Å². The Balaban J connectivity index is 2.10. The molecule has 1 aromatic rings. The van der Waals surface area contributed by atoms with E-state index in [1.807, 2.05) is 6.92 Å². The summed E-state index contributed by atoms with van der Waals surface area (Å²) < 4.78 is 32.3. The highest BCUT2D eigenvalue weighted by molar-refractivity contribution is 7.89. The number of sulfonamides is 1. The second-order valence-electron chi connectivity index (χ2n) is 4.87. The van der Waals surface area contributed by atoms with Crippen LogP contribution in [0.2, 0.25) is 0 Å². The normalized spacial score (nSPS) is 19.3. The van der Waals surface area contributed by atoms with Crippen LogP contribution >= 0.6 is 0 Å². The molecule has 0 amide bonds. The third kappa shape index (κ3) is 3.76. The first-order chi connectivity index (χ1) is 8.99. The van der Waals surface area contributed by atoms with Gasteiger partial charge in [-0.15, -0.1) is 0 Å². The number of hydrogen-bond acceptors (Lipinski definition) is 4. The first kappa shape index (κ1) is 14.5. The van der Waals surface area contributed by atoms with E-state index in [1.165, 1.54) is 0 Å². The molecule has 106 valence electrons. The molecule has 1 heterocycles. The third-order valence-corrected chi connectivity index (χ3v) is 4.80. The predicted molar refractivity (Wildman–Crippen MR) is 73.2 cm³/mol. The van der Waals surface area contributed by atoms with Crippen molar-refractivity contribution in [2.75, 3.05) is 13.2 Å². The minimum Gasteiger partial charge on any atom is -0.381 e. The molecule has 1 aromatic carbocycles. The van der Waals surface area contributed by atoms with Crippen LogP contribution in [0.4, 0.5) is 0 Å². The van der Waals surface area contributed by atoms with Crippen molar-refractivity contribution in [1.29, 1.82) is 0 Å². The summed E-state index contributed by atoms with van der Waals surface area (Å²) >= 11 is 0. The van der Waals surface area contributed by atoms with Gasteiger partial charge in [-0.25, -0.2) is 13.1 Å². The van der Waals surface area contributed by atoms with Gasteiger partial charge in [-0.1, -0.05) is 12.1 Å². The Morgan fingerprint density at radius 1 is 1.26 bits per heavy atom. The zero-order valence-electron chi connectivity index (χ0n) is 11.0. The molecule has 0 saturated carbocycles.